The highest BCUT2D eigenvalue weighted by Gasteiger charge is 2.41. The first kappa shape index (κ1) is 20.7. The number of amides is 1. The highest BCUT2D eigenvalue weighted by atomic mass is 16.7. The number of nitrogens with one attached hydrogen (secondary N) is 1. The Morgan fingerprint density at radius 2 is 2.13 bits per heavy atom. The van der Waals surface area contributed by atoms with Crippen molar-refractivity contribution in [2.45, 2.75) is 38.3 Å². The van der Waals surface area contributed by atoms with Crippen LogP contribution in [-0.2, 0) is 19.2 Å². The maximum Gasteiger partial charge on any atom is 0.310 e. The summed E-state index contributed by atoms with van der Waals surface area (Å²) < 4.78 is 5.13. The molecule has 0 aliphatic carbocycles. The van der Waals surface area contributed by atoms with Gasteiger partial charge in [0.2, 0.25) is 5.91 Å². The monoisotopic (exact) mass is 415 g/mol. The van der Waals surface area contributed by atoms with E-state index < -0.39 is 5.72 Å². The van der Waals surface area contributed by atoms with Crippen LogP contribution in [0, 0.1) is 5.92 Å². The summed E-state index contributed by atoms with van der Waals surface area (Å²) in [5.41, 5.74) is 3.08. The van der Waals surface area contributed by atoms with E-state index in [1.807, 2.05) is 18.2 Å². The van der Waals surface area contributed by atoms with Gasteiger partial charge < -0.3 is 9.64 Å². The van der Waals surface area contributed by atoms with Crippen LogP contribution in [0.4, 0.5) is 0 Å². The topological polar surface area (TPSA) is 96.4 Å². The lowest BCUT2D eigenvalue weighted by atomic mass is 9.98. The van der Waals surface area contributed by atoms with Gasteiger partial charge in [0.05, 0.1) is 19.1 Å². The van der Waals surface area contributed by atoms with Crippen molar-refractivity contribution < 1.29 is 19.2 Å². The van der Waals surface area contributed by atoms with Crippen molar-refractivity contribution in [1.29, 1.82) is 0 Å². The van der Waals surface area contributed by atoms with E-state index in [0.29, 0.717) is 44.9 Å². The number of rotatable bonds is 5. The van der Waals surface area contributed by atoms with Crippen LogP contribution in [0.25, 0.3) is 0 Å². The summed E-state index contributed by atoms with van der Waals surface area (Å²) in [4.78, 5) is 43.6. The third-order valence-corrected chi connectivity index (χ3v) is 5.95. The van der Waals surface area contributed by atoms with E-state index in [1.54, 1.807) is 18.0 Å². The van der Waals surface area contributed by atoms with E-state index >= 15 is 0 Å². The zero-order chi connectivity index (χ0) is 21.0. The van der Waals surface area contributed by atoms with Crippen LogP contribution in [0.15, 0.2) is 29.4 Å². The molecule has 1 amide bonds. The largest absolute Gasteiger partial charge is 0.466 e. The molecule has 1 atom stereocenters. The van der Waals surface area contributed by atoms with Crippen LogP contribution < -0.4 is 5.48 Å². The van der Waals surface area contributed by atoms with Gasteiger partial charge in [-0.1, -0.05) is 6.07 Å². The Morgan fingerprint density at radius 1 is 1.30 bits per heavy atom. The molecule has 0 radical (unpaired) electrons. The van der Waals surface area contributed by atoms with Crippen molar-refractivity contribution in [3.05, 3.63) is 30.1 Å². The molecule has 1 spiro atoms. The van der Waals surface area contributed by atoms with Gasteiger partial charge in [-0.25, -0.2) is 15.3 Å². The number of piperidine rings is 2. The summed E-state index contributed by atoms with van der Waals surface area (Å²) in [5, 5.41) is 0. The molecule has 1 unspecified atom stereocenters. The van der Waals surface area contributed by atoms with Crippen molar-refractivity contribution >= 4 is 17.7 Å². The Balaban J connectivity index is 1.28. The standard InChI is InChI=1S/C21H29N5O4/c1-2-29-20(28)16-6-5-11-26(14-16)18(27)15-25-12-8-21(9-13-25)23-19(24-30-21)17-7-3-4-10-22-17/h3-4,7,10,16H,2,5-6,8-9,11-15H2,1H3,(H,23,24). The molecule has 162 valence electrons. The van der Waals surface area contributed by atoms with Crippen molar-refractivity contribution in [1.82, 2.24) is 20.3 Å². The number of amidine groups is 1. The van der Waals surface area contributed by atoms with E-state index in [2.05, 4.69) is 15.4 Å². The predicted octanol–water partition coefficient (Wildman–Crippen LogP) is 0.957. The van der Waals surface area contributed by atoms with Gasteiger partial charge >= 0.3 is 5.97 Å². The van der Waals surface area contributed by atoms with Crippen molar-refractivity contribution in [3.8, 4) is 0 Å². The Labute approximate surface area is 176 Å². The molecule has 4 rings (SSSR count). The third-order valence-electron chi connectivity index (χ3n) is 5.95. The molecule has 0 aromatic carbocycles. The molecule has 1 N–H and O–H groups in total. The number of esters is 1. The van der Waals surface area contributed by atoms with E-state index in [9.17, 15) is 9.59 Å². The van der Waals surface area contributed by atoms with Crippen LogP contribution >= 0.6 is 0 Å². The fourth-order valence-corrected chi connectivity index (χ4v) is 4.23. The van der Waals surface area contributed by atoms with Crippen molar-refractivity contribution in [2.24, 2.45) is 10.9 Å². The summed E-state index contributed by atoms with van der Waals surface area (Å²) in [5.74, 6) is 0.327. The van der Waals surface area contributed by atoms with Crippen LogP contribution in [0.5, 0.6) is 0 Å². The summed E-state index contributed by atoms with van der Waals surface area (Å²) in [6, 6.07) is 5.67. The normalized spacial score (nSPS) is 23.7. The maximum absolute atomic E-state index is 12.8. The molecule has 1 aromatic rings. The summed E-state index contributed by atoms with van der Waals surface area (Å²) >= 11 is 0. The number of pyridine rings is 1. The second-order valence-electron chi connectivity index (χ2n) is 8.03. The number of ether oxygens (including phenoxy) is 1. The Morgan fingerprint density at radius 3 is 2.87 bits per heavy atom. The van der Waals surface area contributed by atoms with Gasteiger partial charge in [0.25, 0.3) is 0 Å². The van der Waals surface area contributed by atoms with Gasteiger partial charge in [0, 0.05) is 45.2 Å². The van der Waals surface area contributed by atoms with E-state index in [-0.39, 0.29) is 17.8 Å². The zero-order valence-corrected chi connectivity index (χ0v) is 17.4. The zero-order valence-electron chi connectivity index (χ0n) is 17.4. The number of carbonyl (C=O) groups is 2. The molecule has 9 heteroatoms. The smallest absolute Gasteiger partial charge is 0.310 e. The molecular formula is C21H29N5O4. The summed E-state index contributed by atoms with van der Waals surface area (Å²) in [7, 11) is 0. The SMILES string of the molecule is CCOC(=O)C1CCCN(C(=O)CN2CCC3(CC2)N=C(c2ccccn2)NO3)C1. The number of likely N-dealkylation sites (tertiary alicyclic amines) is 2. The lowest BCUT2D eigenvalue weighted by molar-refractivity contribution is -0.151. The fraction of sp³-hybridized carbons (Fsp3) is 0.619. The molecule has 0 bridgehead atoms. The molecule has 2 saturated heterocycles. The van der Waals surface area contributed by atoms with Crippen molar-refractivity contribution in [3.63, 3.8) is 0 Å². The molecule has 30 heavy (non-hydrogen) atoms. The average molecular weight is 415 g/mol. The number of aliphatic imine (C=N–C) groups is 1. The lowest BCUT2D eigenvalue weighted by Gasteiger charge is -2.37. The molecule has 3 aliphatic rings. The Hall–Kier alpha value is -2.52. The molecule has 0 saturated carbocycles. The lowest BCUT2D eigenvalue weighted by Crippen LogP contribution is -2.50. The molecule has 3 aliphatic heterocycles. The number of hydroxylamine groups is 1. The van der Waals surface area contributed by atoms with Gasteiger partial charge in [-0.15, -0.1) is 0 Å². The predicted molar refractivity (Wildman–Crippen MR) is 109 cm³/mol. The third kappa shape index (κ3) is 4.62. The van der Waals surface area contributed by atoms with Gasteiger partial charge in [-0.05, 0) is 31.9 Å². The van der Waals surface area contributed by atoms with Gasteiger partial charge in [0.15, 0.2) is 11.6 Å². The van der Waals surface area contributed by atoms with Crippen LogP contribution in [0.1, 0.15) is 38.3 Å². The minimum atomic E-state index is -0.591. The van der Waals surface area contributed by atoms with Crippen LogP contribution in [-0.4, -0.2) is 77.6 Å². The van der Waals surface area contributed by atoms with E-state index in [0.717, 1.165) is 31.6 Å². The first-order chi connectivity index (χ1) is 14.6. The number of aromatic nitrogens is 1. The van der Waals surface area contributed by atoms with Crippen molar-refractivity contribution in [2.75, 3.05) is 39.3 Å². The van der Waals surface area contributed by atoms with Crippen LogP contribution in [0.2, 0.25) is 0 Å². The summed E-state index contributed by atoms with van der Waals surface area (Å²) in [6.07, 6.45) is 4.76. The van der Waals surface area contributed by atoms with Gasteiger partial charge in [-0.2, -0.15) is 0 Å². The van der Waals surface area contributed by atoms with Gasteiger partial charge in [-0.3, -0.25) is 19.5 Å². The minimum Gasteiger partial charge on any atom is -0.466 e. The molecule has 9 nitrogen and oxygen atoms in total. The molecule has 2 fully saturated rings. The second-order valence-corrected chi connectivity index (χ2v) is 8.03. The first-order valence-electron chi connectivity index (χ1n) is 10.7. The first-order valence-corrected chi connectivity index (χ1v) is 10.7. The molecule has 1 aromatic heterocycles. The molecular weight excluding hydrogens is 386 g/mol. The minimum absolute atomic E-state index is 0.0723. The number of carbonyl (C=O) groups excluding carboxylic acids is 2. The second kappa shape index (κ2) is 9.09. The average Bonchev–Trinajstić information content (AvgIpc) is 3.20. The highest BCUT2D eigenvalue weighted by Crippen LogP contribution is 2.31. The van der Waals surface area contributed by atoms with E-state index in [1.165, 1.54) is 0 Å². The van der Waals surface area contributed by atoms with Gasteiger partial charge in [0.1, 0.15) is 5.69 Å². The number of hydrogen-bond acceptors (Lipinski definition) is 8. The highest BCUT2D eigenvalue weighted by molar-refractivity contribution is 5.97. The fourth-order valence-electron chi connectivity index (χ4n) is 4.23. The number of nitrogens with zero attached hydrogens (tertiary/aromatic N) is 4. The molecule has 4 heterocycles. The Kier molecular flexibility index (Phi) is 6.29. The maximum atomic E-state index is 12.8. The number of hydrogen-bond donors (Lipinski definition) is 1. The Bertz CT molecular complexity index is 792. The summed E-state index contributed by atoms with van der Waals surface area (Å²) in [6.45, 7) is 5.15. The van der Waals surface area contributed by atoms with Crippen LogP contribution in [0.3, 0.4) is 0 Å². The van der Waals surface area contributed by atoms with E-state index in [4.69, 9.17) is 14.6 Å². The quantitative estimate of drug-likeness (QED) is 0.716.